The van der Waals surface area contributed by atoms with Gasteiger partial charge in [0.25, 0.3) is 5.91 Å². The van der Waals surface area contributed by atoms with Crippen LogP contribution in [0.25, 0.3) is 10.1 Å². The third-order valence-electron chi connectivity index (χ3n) is 5.59. The second kappa shape index (κ2) is 9.53. The quantitative estimate of drug-likeness (QED) is 0.633. The summed E-state index contributed by atoms with van der Waals surface area (Å²) < 4.78 is 20.4. The fourth-order valence-corrected chi connectivity index (χ4v) is 5.14. The number of ether oxygens (including phenoxy) is 1. The van der Waals surface area contributed by atoms with E-state index in [1.54, 1.807) is 23.4 Å². The van der Waals surface area contributed by atoms with Crippen molar-refractivity contribution < 1.29 is 18.7 Å². The van der Waals surface area contributed by atoms with E-state index >= 15 is 0 Å². The number of amides is 2. The Morgan fingerprint density at radius 2 is 2.06 bits per heavy atom. The molecule has 162 valence electrons. The van der Waals surface area contributed by atoms with Gasteiger partial charge < -0.3 is 15.0 Å². The number of thiophene rings is 1. The van der Waals surface area contributed by atoms with Gasteiger partial charge in [-0.3, -0.25) is 14.6 Å². The topological polar surface area (TPSA) is 71.5 Å². The highest BCUT2D eigenvalue weighted by molar-refractivity contribution is 7.21. The Balaban J connectivity index is 1.41. The number of carbonyl (C=O) groups excluding carboxylic acids is 2. The smallest absolute Gasteiger partial charge is 0.264 e. The number of carbonyl (C=O) groups is 2. The van der Waals surface area contributed by atoms with Crippen LogP contribution in [0.5, 0.6) is 0 Å². The first-order valence-electron chi connectivity index (χ1n) is 10.2. The zero-order valence-electron chi connectivity index (χ0n) is 17.3. The third kappa shape index (κ3) is 4.60. The first kappa shape index (κ1) is 21.4. The Labute approximate surface area is 184 Å². The van der Waals surface area contributed by atoms with E-state index in [0.717, 1.165) is 10.3 Å². The number of nitrogens with one attached hydrogen (secondary N) is 1. The first-order chi connectivity index (χ1) is 15.1. The summed E-state index contributed by atoms with van der Waals surface area (Å²) in [6.45, 7) is 1.61. The Morgan fingerprint density at radius 1 is 1.26 bits per heavy atom. The van der Waals surface area contributed by atoms with Crippen molar-refractivity contribution in [2.24, 2.45) is 5.92 Å². The molecule has 31 heavy (non-hydrogen) atoms. The number of pyridine rings is 1. The normalized spacial score (nSPS) is 14.7. The summed E-state index contributed by atoms with van der Waals surface area (Å²) in [5, 5.41) is 3.42. The van der Waals surface area contributed by atoms with Crippen LogP contribution in [-0.2, 0) is 22.7 Å². The van der Waals surface area contributed by atoms with Crippen LogP contribution in [0.15, 0.2) is 42.7 Å². The fraction of sp³-hybridized carbons (Fsp3) is 0.348. The minimum Gasteiger partial charge on any atom is -0.380 e. The number of rotatable bonds is 6. The molecule has 0 radical (unpaired) electrons. The van der Waals surface area contributed by atoms with Crippen LogP contribution in [-0.4, -0.2) is 41.9 Å². The molecule has 2 aromatic heterocycles. The highest BCUT2D eigenvalue weighted by Gasteiger charge is 2.30. The van der Waals surface area contributed by atoms with Gasteiger partial charge in [0.1, 0.15) is 5.82 Å². The molecule has 0 unspecified atom stereocenters. The van der Waals surface area contributed by atoms with Crippen LogP contribution in [0.4, 0.5) is 4.39 Å². The van der Waals surface area contributed by atoms with Gasteiger partial charge in [-0.15, -0.1) is 11.3 Å². The van der Waals surface area contributed by atoms with E-state index in [4.69, 9.17) is 4.74 Å². The van der Waals surface area contributed by atoms with Gasteiger partial charge in [-0.05, 0) is 36.6 Å². The first-order valence-corrected chi connectivity index (χ1v) is 11.0. The molecule has 1 N–H and O–H groups in total. The van der Waals surface area contributed by atoms with Gasteiger partial charge in [0.2, 0.25) is 5.91 Å². The van der Waals surface area contributed by atoms with Crippen LogP contribution in [0.3, 0.4) is 0 Å². The lowest BCUT2D eigenvalue weighted by molar-refractivity contribution is -0.126. The molecule has 1 fully saturated rings. The molecule has 2 amide bonds. The van der Waals surface area contributed by atoms with Crippen LogP contribution in [0.1, 0.15) is 33.6 Å². The zero-order valence-corrected chi connectivity index (χ0v) is 18.1. The molecule has 3 heterocycles. The average Bonchev–Trinajstić information content (AvgIpc) is 3.18. The summed E-state index contributed by atoms with van der Waals surface area (Å²) in [5.74, 6) is -0.593. The molecule has 1 aliphatic heterocycles. The van der Waals surface area contributed by atoms with Crippen molar-refractivity contribution in [3.8, 4) is 0 Å². The highest BCUT2D eigenvalue weighted by atomic mass is 32.1. The predicted octanol–water partition coefficient (Wildman–Crippen LogP) is 3.75. The average molecular weight is 442 g/mol. The van der Waals surface area contributed by atoms with Crippen molar-refractivity contribution in [2.75, 3.05) is 20.2 Å². The summed E-state index contributed by atoms with van der Waals surface area (Å²) in [7, 11) is 1.54. The molecule has 0 spiro atoms. The molecule has 0 bridgehead atoms. The predicted molar refractivity (Wildman–Crippen MR) is 117 cm³/mol. The van der Waals surface area contributed by atoms with Crippen molar-refractivity contribution in [1.29, 1.82) is 0 Å². The maximum absolute atomic E-state index is 14.4. The Hall–Kier alpha value is -2.84. The SMILES string of the molecule is COCc1c(C(=O)N2CCC(C(=O)NCc3cccnc3)CC2)sc2cccc(F)c12. The molecule has 1 aromatic carbocycles. The van der Waals surface area contributed by atoms with E-state index in [9.17, 15) is 14.0 Å². The van der Waals surface area contributed by atoms with E-state index in [-0.39, 0.29) is 30.2 Å². The standard InChI is InChI=1S/C23H24FN3O3S/c1-30-14-17-20-18(24)5-2-6-19(20)31-21(17)23(29)27-10-7-16(8-11-27)22(28)26-13-15-4-3-9-25-12-15/h2-6,9,12,16H,7-8,10-11,13-14H2,1H3,(H,26,28). The van der Waals surface area contributed by atoms with Gasteiger partial charge in [0.15, 0.2) is 0 Å². The zero-order chi connectivity index (χ0) is 21.8. The Kier molecular flexibility index (Phi) is 6.58. The number of halogens is 1. The molecule has 6 nitrogen and oxygen atoms in total. The Bertz CT molecular complexity index is 1080. The summed E-state index contributed by atoms with van der Waals surface area (Å²) >= 11 is 1.30. The minimum absolute atomic E-state index is 0.0000396. The number of hydrogen-bond donors (Lipinski definition) is 1. The maximum Gasteiger partial charge on any atom is 0.264 e. The lowest BCUT2D eigenvalue weighted by Crippen LogP contribution is -2.43. The number of nitrogens with zero attached hydrogens (tertiary/aromatic N) is 2. The molecule has 4 rings (SSSR count). The molecule has 1 aliphatic rings. The van der Waals surface area contributed by atoms with E-state index in [1.165, 1.54) is 24.5 Å². The van der Waals surface area contributed by atoms with Gasteiger partial charge in [-0.1, -0.05) is 12.1 Å². The summed E-state index contributed by atoms with van der Waals surface area (Å²) in [4.78, 5) is 32.1. The molecule has 0 atom stereocenters. The minimum atomic E-state index is -0.344. The maximum atomic E-state index is 14.4. The summed E-state index contributed by atoms with van der Waals surface area (Å²) in [6.07, 6.45) is 4.63. The van der Waals surface area contributed by atoms with E-state index < -0.39 is 0 Å². The fourth-order valence-electron chi connectivity index (χ4n) is 3.95. The molecule has 0 saturated carbocycles. The van der Waals surface area contributed by atoms with Gasteiger partial charge in [0.05, 0.1) is 11.5 Å². The van der Waals surface area contributed by atoms with Crippen molar-refractivity contribution in [3.05, 3.63) is 64.5 Å². The van der Waals surface area contributed by atoms with Crippen molar-refractivity contribution in [2.45, 2.75) is 26.0 Å². The van der Waals surface area contributed by atoms with Gasteiger partial charge in [-0.2, -0.15) is 0 Å². The largest absolute Gasteiger partial charge is 0.380 e. The molecular formula is C23H24FN3O3S. The number of benzene rings is 1. The third-order valence-corrected chi connectivity index (χ3v) is 6.77. The Morgan fingerprint density at radius 3 is 2.77 bits per heavy atom. The van der Waals surface area contributed by atoms with E-state index in [1.807, 2.05) is 18.2 Å². The number of methoxy groups -OCH3 is 1. The second-order valence-corrected chi connectivity index (χ2v) is 8.65. The number of fused-ring (bicyclic) bond motifs is 1. The lowest BCUT2D eigenvalue weighted by atomic mass is 9.95. The van der Waals surface area contributed by atoms with Crippen LogP contribution >= 0.6 is 11.3 Å². The highest BCUT2D eigenvalue weighted by Crippen LogP contribution is 2.35. The summed E-state index contributed by atoms with van der Waals surface area (Å²) in [5.41, 5.74) is 1.55. The number of aromatic nitrogens is 1. The van der Waals surface area contributed by atoms with Crippen molar-refractivity contribution in [3.63, 3.8) is 0 Å². The van der Waals surface area contributed by atoms with E-state index in [0.29, 0.717) is 48.3 Å². The summed E-state index contributed by atoms with van der Waals surface area (Å²) in [6, 6.07) is 8.62. The van der Waals surface area contributed by atoms with Crippen LogP contribution in [0, 0.1) is 11.7 Å². The number of likely N-dealkylation sites (tertiary alicyclic amines) is 1. The molecule has 8 heteroatoms. The number of piperidine rings is 1. The lowest BCUT2D eigenvalue weighted by Gasteiger charge is -2.31. The van der Waals surface area contributed by atoms with Crippen molar-refractivity contribution in [1.82, 2.24) is 15.2 Å². The molecule has 1 saturated heterocycles. The molecular weight excluding hydrogens is 417 g/mol. The van der Waals surface area contributed by atoms with Crippen molar-refractivity contribution >= 4 is 33.2 Å². The monoisotopic (exact) mass is 441 g/mol. The molecule has 3 aromatic rings. The second-order valence-electron chi connectivity index (χ2n) is 7.60. The van der Waals surface area contributed by atoms with E-state index in [2.05, 4.69) is 10.3 Å². The van der Waals surface area contributed by atoms with Gasteiger partial charge >= 0.3 is 0 Å². The number of hydrogen-bond acceptors (Lipinski definition) is 5. The van der Waals surface area contributed by atoms with Crippen LogP contribution < -0.4 is 5.32 Å². The van der Waals surface area contributed by atoms with Gasteiger partial charge in [0, 0.05) is 60.7 Å². The molecule has 0 aliphatic carbocycles. The van der Waals surface area contributed by atoms with Gasteiger partial charge in [-0.25, -0.2) is 4.39 Å². The van der Waals surface area contributed by atoms with Crippen LogP contribution in [0.2, 0.25) is 0 Å².